The second-order valence-corrected chi connectivity index (χ2v) is 5.84. The van der Waals surface area contributed by atoms with Gasteiger partial charge in [-0.3, -0.25) is 0 Å². The van der Waals surface area contributed by atoms with Crippen molar-refractivity contribution in [3.63, 3.8) is 0 Å². The van der Waals surface area contributed by atoms with Crippen LogP contribution in [0, 0.1) is 0 Å². The van der Waals surface area contributed by atoms with Gasteiger partial charge >= 0.3 is 0 Å². The third-order valence-electron chi connectivity index (χ3n) is 2.98. The molecule has 0 atom stereocenters. The first kappa shape index (κ1) is 13.7. The Hall–Kier alpha value is -2.27. The second kappa shape index (κ2) is 6.01. The summed E-state index contributed by atoms with van der Waals surface area (Å²) in [5.74, 6) is 2.12. The monoisotopic (exact) mass is 297 g/mol. The van der Waals surface area contributed by atoms with Crippen molar-refractivity contribution >= 4 is 17.4 Å². The molecule has 1 heterocycles. The minimum Gasteiger partial charge on any atom is -0.399 e. The maximum atomic E-state index is 5.77. The summed E-state index contributed by atoms with van der Waals surface area (Å²) in [6.45, 7) is 2.13. The molecular formula is C16H15N3OS. The fourth-order valence-corrected chi connectivity index (χ4v) is 2.66. The molecule has 0 spiro atoms. The van der Waals surface area contributed by atoms with Gasteiger partial charge in [0.25, 0.3) is 5.89 Å². The first-order valence-corrected chi connectivity index (χ1v) is 7.67. The molecule has 106 valence electrons. The van der Waals surface area contributed by atoms with Gasteiger partial charge in [-0.2, -0.15) is 4.98 Å². The maximum absolute atomic E-state index is 5.77. The Labute approximate surface area is 127 Å². The lowest BCUT2D eigenvalue weighted by atomic mass is 10.2. The minimum atomic E-state index is 0.476. The van der Waals surface area contributed by atoms with Crippen LogP contribution in [0.3, 0.4) is 0 Å². The van der Waals surface area contributed by atoms with E-state index in [1.807, 2.05) is 36.4 Å². The first-order valence-electron chi connectivity index (χ1n) is 6.69. The fraction of sp³-hybridized carbons (Fsp3) is 0.125. The Kier molecular flexibility index (Phi) is 3.92. The molecule has 4 nitrogen and oxygen atoms in total. The molecule has 0 aliphatic heterocycles. The van der Waals surface area contributed by atoms with Gasteiger partial charge < -0.3 is 10.3 Å². The molecule has 0 aliphatic rings. The first-order chi connectivity index (χ1) is 10.3. The quantitative estimate of drug-likeness (QED) is 0.580. The van der Waals surface area contributed by atoms with Gasteiger partial charge in [-0.1, -0.05) is 18.1 Å². The maximum Gasteiger partial charge on any atom is 0.258 e. The number of rotatable bonds is 4. The van der Waals surface area contributed by atoms with Crippen molar-refractivity contribution < 1.29 is 4.52 Å². The Balaban J connectivity index is 1.87. The zero-order valence-corrected chi connectivity index (χ0v) is 12.4. The normalized spacial score (nSPS) is 10.7. The molecule has 3 aromatic rings. The van der Waals surface area contributed by atoms with Crippen LogP contribution in [0.2, 0.25) is 0 Å². The van der Waals surface area contributed by atoms with Crippen LogP contribution in [0.4, 0.5) is 5.69 Å². The number of aromatic nitrogens is 2. The van der Waals surface area contributed by atoms with Gasteiger partial charge in [-0.05, 0) is 48.2 Å². The van der Waals surface area contributed by atoms with E-state index in [9.17, 15) is 0 Å². The second-order valence-electron chi connectivity index (χ2n) is 4.51. The van der Waals surface area contributed by atoms with E-state index in [1.165, 1.54) is 4.90 Å². The summed E-state index contributed by atoms with van der Waals surface area (Å²) in [7, 11) is 0. The van der Waals surface area contributed by atoms with Crippen LogP contribution in [0.5, 0.6) is 0 Å². The van der Waals surface area contributed by atoms with E-state index in [0.717, 1.165) is 16.9 Å². The molecule has 0 unspecified atom stereocenters. The molecule has 0 saturated heterocycles. The number of nitrogens with two attached hydrogens (primary N) is 1. The van der Waals surface area contributed by atoms with E-state index >= 15 is 0 Å². The van der Waals surface area contributed by atoms with E-state index in [1.54, 1.807) is 11.8 Å². The molecule has 3 rings (SSSR count). The van der Waals surface area contributed by atoms with Gasteiger partial charge in [0.15, 0.2) is 0 Å². The van der Waals surface area contributed by atoms with Crippen LogP contribution >= 0.6 is 11.8 Å². The molecule has 21 heavy (non-hydrogen) atoms. The van der Waals surface area contributed by atoms with Crippen molar-refractivity contribution in [2.45, 2.75) is 11.8 Å². The SMILES string of the molecule is CCSc1ccc(-c2noc(-c3cccc(N)c3)n2)cc1. The number of benzene rings is 2. The van der Waals surface area contributed by atoms with E-state index in [4.69, 9.17) is 10.3 Å². The Morgan fingerprint density at radius 3 is 2.62 bits per heavy atom. The highest BCUT2D eigenvalue weighted by molar-refractivity contribution is 7.99. The number of thioether (sulfide) groups is 1. The molecule has 5 heteroatoms. The number of anilines is 1. The lowest BCUT2D eigenvalue weighted by Gasteiger charge is -1.99. The molecule has 0 bridgehead atoms. The smallest absolute Gasteiger partial charge is 0.258 e. The summed E-state index contributed by atoms with van der Waals surface area (Å²) in [4.78, 5) is 5.66. The third-order valence-corrected chi connectivity index (χ3v) is 3.88. The summed E-state index contributed by atoms with van der Waals surface area (Å²) < 4.78 is 5.32. The fourth-order valence-electron chi connectivity index (χ4n) is 2.00. The zero-order chi connectivity index (χ0) is 14.7. The van der Waals surface area contributed by atoms with Crippen LogP contribution in [0.25, 0.3) is 22.8 Å². The van der Waals surface area contributed by atoms with Gasteiger partial charge in [0, 0.05) is 21.7 Å². The predicted molar refractivity (Wildman–Crippen MR) is 86.0 cm³/mol. The molecular weight excluding hydrogens is 282 g/mol. The summed E-state index contributed by atoms with van der Waals surface area (Å²) in [5, 5.41) is 4.03. The third kappa shape index (κ3) is 3.08. The molecule has 0 saturated carbocycles. The standard InChI is InChI=1S/C16H15N3OS/c1-2-21-14-8-6-11(7-9-14)15-18-16(20-19-15)12-4-3-5-13(17)10-12/h3-10H,2,17H2,1H3. The van der Waals surface area contributed by atoms with Crippen LogP contribution in [-0.2, 0) is 0 Å². The van der Waals surface area contributed by atoms with Crippen LogP contribution in [-0.4, -0.2) is 15.9 Å². The number of nitrogen functional groups attached to an aromatic ring is 1. The van der Waals surface area contributed by atoms with Crippen molar-refractivity contribution in [1.29, 1.82) is 0 Å². The number of nitrogens with zero attached hydrogens (tertiary/aromatic N) is 2. The van der Waals surface area contributed by atoms with Gasteiger partial charge in [0.05, 0.1) is 0 Å². The van der Waals surface area contributed by atoms with Gasteiger partial charge in [0.1, 0.15) is 0 Å². The van der Waals surface area contributed by atoms with Crippen molar-refractivity contribution in [1.82, 2.24) is 10.1 Å². The lowest BCUT2D eigenvalue weighted by molar-refractivity contribution is 0.432. The van der Waals surface area contributed by atoms with E-state index in [0.29, 0.717) is 17.4 Å². The molecule has 2 N–H and O–H groups in total. The summed E-state index contributed by atoms with van der Waals surface area (Å²) in [6, 6.07) is 15.6. The topological polar surface area (TPSA) is 64.9 Å². The predicted octanol–water partition coefficient (Wildman–Crippen LogP) is 4.10. The van der Waals surface area contributed by atoms with Crippen LogP contribution < -0.4 is 5.73 Å². The highest BCUT2D eigenvalue weighted by Gasteiger charge is 2.10. The van der Waals surface area contributed by atoms with Crippen molar-refractivity contribution in [3.8, 4) is 22.8 Å². The molecule has 2 aromatic carbocycles. The zero-order valence-electron chi connectivity index (χ0n) is 11.6. The Bertz CT molecular complexity index is 737. The molecule has 0 fully saturated rings. The summed E-state index contributed by atoms with van der Waals surface area (Å²) >= 11 is 1.80. The number of hydrogen-bond acceptors (Lipinski definition) is 5. The molecule has 1 aromatic heterocycles. The van der Waals surface area contributed by atoms with E-state index in [2.05, 4.69) is 29.2 Å². The largest absolute Gasteiger partial charge is 0.399 e. The molecule has 0 radical (unpaired) electrons. The highest BCUT2D eigenvalue weighted by Crippen LogP contribution is 2.25. The van der Waals surface area contributed by atoms with E-state index in [-0.39, 0.29) is 0 Å². The van der Waals surface area contributed by atoms with Crippen LogP contribution in [0.1, 0.15) is 6.92 Å². The Morgan fingerprint density at radius 1 is 1.10 bits per heavy atom. The minimum absolute atomic E-state index is 0.476. The molecule has 0 aliphatic carbocycles. The number of hydrogen-bond donors (Lipinski definition) is 1. The van der Waals surface area contributed by atoms with Gasteiger partial charge in [-0.15, -0.1) is 11.8 Å². The summed E-state index contributed by atoms with van der Waals surface area (Å²) in [6.07, 6.45) is 0. The van der Waals surface area contributed by atoms with Crippen LogP contribution in [0.15, 0.2) is 57.9 Å². The van der Waals surface area contributed by atoms with Crippen molar-refractivity contribution in [3.05, 3.63) is 48.5 Å². The van der Waals surface area contributed by atoms with Gasteiger partial charge in [0.2, 0.25) is 5.82 Å². The average molecular weight is 297 g/mol. The molecule has 0 amide bonds. The van der Waals surface area contributed by atoms with Gasteiger partial charge in [-0.25, -0.2) is 0 Å². The van der Waals surface area contributed by atoms with Crippen molar-refractivity contribution in [2.24, 2.45) is 0 Å². The van der Waals surface area contributed by atoms with Crippen molar-refractivity contribution in [2.75, 3.05) is 11.5 Å². The Morgan fingerprint density at radius 2 is 1.90 bits per heavy atom. The summed E-state index contributed by atoms with van der Waals surface area (Å²) in [5.41, 5.74) is 8.21. The van der Waals surface area contributed by atoms with E-state index < -0.39 is 0 Å². The lowest BCUT2D eigenvalue weighted by Crippen LogP contribution is -1.85. The average Bonchev–Trinajstić information content (AvgIpc) is 2.98. The highest BCUT2D eigenvalue weighted by atomic mass is 32.2.